The highest BCUT2D eigenvalue weighted by Crippen LogP contribution is 2.42. The number of carboxylic acid groups (broad SMARTS) is 1. The van der Waals surface area contributed by atoms with Crippen LogP contribution in [0.5, 0.6) is 0 Å². The van der Waals surface area contributed by atoms with Crippen molar-refractivity contribution in [2.75, 3.05) is 0 Å². The van der Waals surface area contributed by atoms with Gasteiger partial charge in [0.15, 0.2) is 0 Å². The predicted octanol–water partition coefficient (Wildman–Crippen LogP) is 4.19. The van der Waals surface area contributed by atoms with Gasteiger partial charge in [0, 0.05) is 54.4 Å². The van der Waals surface area contributed by atoms with Gasteiger partial charge in [0.2, 0.25) is 0 Å². The predicted molar refractivity (Wildman–Crippen MR) is 167 cm³/mol. The van der Waals surface area contributed by atoms with Crippen molar-refractivity contribution >= 4 is 11.9 Å². The van der Waals surface area contributed by atoms with Crippen molar-refractivity contribution in [1.82, 2.24) is 19.4 Å². The molecule has 0 bridgehead atoms. The second-order valence-electron chi connectivity index (χ2n) is 12.0. The number of aryl methyl sites for hydroxylation is 2. The lowest BCUT2D eigenvalue weighted by atomic mass is 9.92. The van der Waals surface area contributed by atoms with Crippen molar-refractivity contribution in [2.24, 2.45) is 0 Å². The number of imidazole rings is 1. The summed E-state index contributed by atoms with van der Waals surface area (Å²) in [6.45, 7) is 5.14. The molecule has 238 valence electrons. The van der Waals surface area contributed by atoms with E-state index in [1.165, 1.54) is 12.1 Å². The molecule has 45 heavy (non-hydrogen) atoms. The topological polar surface area (TPSA) is 132 Å². The lowest BCUT2D eigenvalue weighted by Gasteiger charge is -2.20. The average Bonchev–Trinajstić information content (AvgIpc) is 3.58. The second kappa shape index (κ2) is 14.2. The van der Waals surface area contributed by atoms with E-state index in [-0.39, 0.29) is 37.2 Å². The van der Waals surface area contributed by atoms with Gasteiger partial charge in [-0.1, -0.05) is 42.5 Å². The Balaban J connectivity index is 1.58. The van der Waals surface area contributed by atoms with Crippen LogP contribution in [0.1, 0.15) is 79.7 Å². The van der Waals surface area contributed by atoms with Crippen molar-refractivity contribution in [3.63, 3.8) is 0 Å². The molecule has 1 amide bonds. The van der Waals surface area contributed by atoms with Gasteiger partial charge >= 0.3 is 0 Å². The normalized spacial score (nSPS) is 14.3. The molecule has 9 nitrogen and oxygen atoms in total. The van der Waals surface area contributed by atoms with E-state index in [1.54, 1.807) is 12.1 Å². The van der Waals surface area contributed by atoms with Gasteiger partial charge in [-0.2, -0.15) is 0 Å². The number of rotatable bonds is 13. The van der Waals surface area contributed by atoms with Crippen molar-refractivity contribution in [3.05, 3.63) is 89.5 Å². The maximum absolute atomic E-state index is 14.2. The van der Waals surface area contributed by atoms with Gasteiger partial charge in [0.25, 0.3) is 5.91 Å². The molecule has 0 fully saturated rings. The summed E-state index contributed by atoms with van der Waals surface area (Å²) in [5.74, 6) is -1.03. The molecule has 2 atom stereocenters. The first-order valence-electron chi connectivity index (χ1n) is 15.6. The SMILES string of the molecule is CC(C)n1c(CC[C@@H](O)C[C@@H](O)CC(=O)[O-])c(-c2ccc(F)cc2)c(-c2ccccc2)c1C(=O)NCc1cn2c(n1)CCCC2. The highest BCUT2D eigenvalue weighted by molar-refractivity contribution is 6.05. The molecule has 0 spiro atoms. The Hall–Kier alpha value is -4.28. The van der Waals surface area contributed by atoms with Crippen LogP contribution in [0, 0.1) is 5.82 Å². The van der Waals surface area contributed by atoms with Crippen LogP contribution in [-0.4, -0.2) is 48.4 Å². The third-order valence-corrected chi connectivity index (χ3v) is 8.28. The first kappa shape index (κ1) is 32.1. The van der Waals surface area contributed by atoms with E-state index in [0.717, 1.165) is 54.1 Å². The Morgan fingerprint density at radius 2 is 1.71 bits per heavy atom. The van der Waals surface area contributed by atoms with Crippen molar-refractivity contribution in [2.45, 2.75) is 90.1 Å². The first-order valence-corrected chi connectivity index (χ1v) is 15.6. The van der Waals surface area contributed by atoms with Crippen molar-refractivity contribution in [1.29, 1.82) is 0 Å². The number of aliphatic hydroxyl groups excluding tert-OH is 2. The average molecular weight is 616 g/mol. The van der Waals surface area contributed by atoms with Crippen LogP contribution in [0.2, 0.25) is 0 Å². The maximum Gasteiger partial charge on any atom is 0.268 e. The molecule has 1 aliphatic rings. The van der Waals surface area contributed by atoms with Gasteiger partial charge < -0.3 is 34.6 Å². The zero-order valence-electron chi connectivity index (χ0n) is 25.7. The van der Waals surface area contributed by atoms with Crippen LogP contribution in [0.25, 0.3) is 22.3 Å². The van der Waals surface area contributed by atoms with Crippen LogP contribution in [0.4, 0.5) is 4.39 Å². The number of halogens is 1. The number of carbonyl (C=O) groups excluding carboxylic acids is 2. The number of benzene rings is 2. The van der Waals surface area contributed by atoms with E-state index < -0.39 is 24.6 Å². The molecular weight excluding hydrogens is 575 g/mol. The smallest absolute Gasteiger partial charge is 0.268 e. The molecule has 4 aromatic rings. The van der Waals surface area contributed by atoms with Crippen LogP contribution in [0.3, 0.4) is 0 Å². The number of aliphatic carboxylic acids is 1. The molecule has 10 heteroatoms. The van der Waals surface area contributed by atoms with Gasteiger partial charge in [0.1, 0.15) is 17.3 Å². The summed E-state index contributed by atoms with van der Waals surface area (Å²) >= 11 is 0. The summed E-state index contributed by atoms with van der Waals surface area (Å²) in [4.78, 5) is 29.9. The Kier molecular flexibility index (Phi) is 10.1. The van der Waals surface area contributed by atoms with E-state index in [4.69, 9.17) is 4.98 Å². The lowest BCUT2D eigenvalue weighted by molar-refractivity contribution is -0.307. The van der Waals surface area contributed by atoms with E-state index in [2.05, 4.69) is 9.88 Å². The number of hydrogen-bond acceptors (Lipinski definition) is 6. The van der Waals surface area contributed by atoms with E-state index in [0.29, 0.717) is 23.2 Å². The third kappa shape index (κ3) is 7.51. The summed E-state index contributed by atoms with van der Waals surface area (Å²) < 4.78 is 18.2. The monoisotopic (exact) mass is 615 g/mol. The molecule has 0 aliphatic carbocycles. The minimum absolute atomic E-state index is 0.129. The minimum Gasteiger partial charge on any atom is -0.550 e. The number of nitrogens with zero attached hydrogens (tertiary/aromatic N) is 3. The molecule has 0 unspecified atom stereocenters. The summed E-state index contributed by atoms with van der Waals surface area (Å²) in [5, 5.41) is 34.9. The molecule has 2 aromatic carbocycles. The standard InChI is InChI=1S/C35H41FN4O5/c1-22(2)40-29(16-15-27(41)18-28(42)19-31(43)44)32(24-11-13-25(36)14-12-24)33(23-8-4-3-5-9-23)34(40)35(45)37-20-26-21-39-17-7-6-10-30(39)38-26/h3-5,8-9,11-14,21-22,27-28,41-42H,6-7,10,15-20H2,1-2H3,(H,37,45)(H,43,44)/p-1/t27-,28-/m1/s1. The van der Waals surface area contributed by atoms with E-state index >= 15 is 0 Å². The molecule has 5 rings (SSSR count). The third-order valence-electron chi connectivity index (χ3n) is 8.28. The number of fused-ring (bicyclic) bond motifs is 1. The zero-order chi connectivity index (χ0) is 32.1. The Morgan fingerprint density at radius 1 is 1.00 bits per heavy atom. The summed E-state index contributed by atoms with van der Waals surface area (Å²) in [7, 11) is 0. The number of carboxylic acids is 1. The fourth-order valence-corrected chi connectivity index (χ4v) is 6.31. The quantitative estimate of drug-likeness (QED) is 0.207. The van der Waals surface area contributed by atoms with Gasteiger partial charge in [-0.15, -0.1) is 0 Å². The number of aromatic nitrogens is 3. The second-order valence-corrected chi connectivity index (χ2v) is 12.0. The molecule has 3 N–H and O–H groups in total. The highest BCUT2D eigenvalue weighted by Gasteiger charge is 2.30. The Labute approximate surface area is 262 Å². The van der Waals surface area contributed by atoms with E-state index in [1.807, 2.05) is 54.9 Å². The van der Waals surface area contributed by atoms with Crippen LogP contribution in [-0.2, 0) is 30.7 Å². The zero-order valence-corrected chi connectivity index (χ0v) is 25.7. The summed E-state index contributed by atoms with van der Waals surface area (Å²) in [6, 6.07) is 15.5. The highest BCUT2D eigenvalue weighted by atomic mass is 19.1. The number of hydrogen-bond donors (Lipinski definition) is 3. The fraction of sp³-hybridized carbons (Fsp3) is 0.400. The minimum atomic E-state index is -1.39. The van der Waals surface area contributed by atoms with Crippen molar-refractivity contribution in [3.8, 4) is 22.3 Å². The number of carbonyl (C=O) groups is 2. The number of nitrogens with one attached hydrogen (secondary N) is 1. The molecule has 0 saturated carbocycles. The Morgan fingerprint density at radius 3 is 2.38 bits per heavy atom. The van der Waals surface area contributed by atoms with E-state index in [9.17, 15) is 29.3 Å². The molecular formula is C35H40FN4O5-. The van der Waals surface area contributed by atoms with Gasteiger partial charge in [-0.3, -0.25) is 4.79 Å². The van der Waals surface area contributed by atoms with Gasteiger partial charge in [-0.05, 0) is 69.2 Å². The molecule has 2 aromatic heterocycles. The molecule has 3 heterocycles. The summed E-state index contributed by atoms with van der Waals surface area (Å²) in [6.07, 6.45) is 2.70. The van der Waals surface area contributed by atoms with Crippen LogP contribution in [0.15, 0.2) is 60.8 Å². The van der Waals surface area contributed by atoms with Gasteiger partial charge in [0.05, 0.1) is 24.4 Å². The number of amides is 1. The Bertz CT molecular complexity index is 1600. The molecule has 1 aliphatic heterocycles. The van der Waals surface area contributed by atoms with Gasteiger partial charge in [-0.25, -0.2) is 9.37 Å². The maximum atomic E-state index is 14.2. The molecule has 0 radical (unpaired) electrons. The first-order chi connectivity index (χ1) is 21.6. The largest absolute Gasteiger partial charge is 0.550 e. The summed E-state index contributed by atoms with van der Waals surface area (Å²) in [5.41, 5.74) is 4.98. The van der Waals surface area contributed by atoms with Crippen molar-refractivity contribution < 1.29 is 29.3 Å². The lowest BCUT2D eigenvalue weighted by Crippen LogP contribution is -2.29. The molecule has 0 saturated heterocycles. The van der Waals surface area contributed by atoms with Crippen LogP contribution >= 0.6 is 0 Å². The number of aliphatic hydroxyl groups is 2. The van der Waals surface area contributed by atoms with Crippen LogP contribution < -0.4 is 10.4 Å². The fourth-order valence-electron chi connectivity index (χ4n) is 6.31.